The maximum Gasteiger partial charge on any atom is 0.293 e. The van der Waals surface area contributed by atoms with Crippen LogP contribution >= 0.6 is 35.0 Å². The summed E-state index contributed by atoms with van der Waals surface area (Å²) in [6.07, 6.45) is 1.62. The molecule has 1 fully saturated rings. The van der Waals surface area contributed by atoms with Gasteiger partial charge in [-0.1, -0.05) is 65.7 Å². The summed E-state index contributed by atoms with van der Waals surface area (Å²) in [7, 11) is 0. The number of carbonyl (C=O) groups is 2. The molecule has 2 aliphatic rings. The van der Waals surface area contributed by atoms with E-state index >= 15 is 0 Å². The third kappa shape index (κ3) is 5.55. The molecule has 0 atom stereocenters. The molecule has 7 nitrogen and oxygen atoms in total. The summed E-state index contributed by atoms with van der Waals surface area (Å²) in [6, 6.07) is 20.9. The van der Waals surface area contributed by atoms with Gasteiger partial charge < -0.3 is 18.9 Å². The molecular weight excluding hydrogens is 585 g/mol. The first-order chi connectivity index (χ1) is 19.9. The molecule has 2 amide bonds. The Morgan fingerprint density at radius 1 is 0.927 bits per heavy atom. The van der Waals surface area contributed by atoms with Crippen LogP contribution in [0.4, 0.5) is 4.79 Å². The van der Waals surface area contributed by atoms with Crippen molar-refractivity contribution >= 4 is 63.0 Å². The molecule has 0 aromatic heterocycles. The average molecular weight is 608 g/mol. The first-order valence-corrected chi connectivity index (χ1v) is 14.4. The normalized spacial score (nSPS) is 15.3. The Kier molecular flexibility index (Phi) is 7.71. The van der Waals surface area contributed by atoms with Crippen LogP contribution in [0.3, 0.4) is 0 Å². The number of fused-ring (bicyclic) bond motifs is 2. The molecule has 10 heteroatoms. The van der Waals surface area contributed by atoms with E-state index in [0.717, 1.165) is 33.0 Å². The highest BCUT2D eigenvalue weighted by Crippen LogP contribution is 2.41. The zero-order valence-corrected chi connectivity index (χ0v) is 24.1. The summed E-state index contributed by atoms with van der Waals surface area (Å²) >= 11 is 13.9. The Labute approximate surface area is 250 Å². The van der Waals surface area contributed by atoms with Crippen molar-refractivity contribution in [2.45, 2.75) is 20.1 Å². The number of ether oxygens (including phenoxy) is 4. The van der Waals surface area contributed by atoms with Crippen LogP contribution in [0.1, 0.15) is 23.6 Å². The van der Waals surface area contributed by atoms with Gasteiger partial charge in [0.15, 0.2) is 23.0 Å². The van der Waals surface area contributed by atoms with Crippen LogP contribution in [-0.4, -0.2) is 29.4 Å². The highest BCUT2D eigenvalue weighted by atomic mass is 35.5. The molecule has 0 spiro atoms. The van der Waals surface area contributed by atoms with Crippen molar-refractivity contribution < 1.29 is 28.5 Å². The van der Waals surface area contributed by atoms with E-state index in [-0.39, 0.29) is 18.2 Å². The third-order valence-corrected chi connectivity index (χ3v) is 8.17. The summed E-state index contributed by atoms with van der Waals surface area (Å²) in [5.74, 6) is 1.47. The lowest BCUT2D eigenvalue weighted by molar-refractivity contribution is -0.123. The highest BCUT2D eigenvalue weighted by molar-refractivity contribution is 8.18. The number of carbonyl (C=O) groups excluding carboxylic acids is 2. The summed E-state index contributed by atoms with van der Waals surface area (Å²) in [6.45, 7) is 2.64. The second kappa shape index (κ2) is 11.6. The van der Waals surface area contributed by atoms with E-state index < -0.39 is 11.1 Å². The number of halogens is 2. The monoisotopic (exact) mass is 607 g/mol. The number of hydrogen-bond acceptors (Lipinski definition) is 7. The molecule has 4 aromatic rings. The Morgan fingerprint density at radius 2 is 1.71 bits per heavy atom. The van der Waals surface area contributed by atoms with Crippen LogP contribution in [0.5, 0.6) is 23.0 Å². The van der Waals surface area contributed by atoms with Crippen molar-refractivity contribution in [2.24, 2.45) is 0 Å². The molecule has 2 aliphatic heterocycles. The number of hydrogen-bond donors (Lipinski definition) is 0. The predicted molar refractivity (Wildman–Crippen MR) is 160 cm³/mol. The molecule has 0 radical (unpaired) electrons. The zero-order chi connectivity index (χ0) is 28.5. The number of thioether (sulfide) groups is 1. The first-order valence-electron chi connectivity index (χ1n) is 12.8. The maximum atomic E-state index is 13.2. The van der Waals surface area contributed by atoms with Crippen molar-refractivity contribution in [1.82, 2.24) is 4.90 Å². The van der Waals surface area contributed by atoms with Crippen molar-refractivity contribution in [3.8, 4) is 23.0 Å². The Bertz CT molecular complexity index is 1720. The molecule has 0 bridgehead atoms. The van der Waals surface area contributed by atoms with Crippen LogP contribution in [0.15, 0.2) is 71.6 Å². The number of amides is 2. The molecule has 4 aromatic carbocycles. The van der Waals surface area contributed by atoms with Gasteiger partial charge in [-0.15, -0.1) is 0 Å². The van der Waals surface area contributed by atoms with E-state index in [0.29, 0.717) is 57.4 Å². The maximum absolute atomic E-state index is 13.2. The summed E-state index contributed by atoms with van der Waals surface area (Å²) < 4.78 is 22.8. The fourth-order valence-electron chi connectivity index (χ4n) is 4.68. The van der Waals surface area contributed by atoms with Gasteiger partial charge in [0.05, 0.1) is 23.1 Å². The second-order valence-corrected chi connectivity index (χ2v) is 11.1. The molecule has 2 heterocycles. The predicted octanol–water partition coefficient (Wildman–Crippen LogP) is 8.09. The molecule has 0 saturated carbocycles. The molecule has 6 rings (SSSR count). The SMILES string of the molecule is CCOc1cc(/C=C2\SC(=O)N(Cc3cc4c(cc3Cl)OCO4)C2=O)cc(Cl)c1OCc1cccc2ccccc12. The molecule has 0 aliphatic carbocycles. The first kappa shape index (κ1) is 27.3. The van der Waals surface area contributed by atoms with Crippen molar-refractivity contribution in [3.05, 3.63) is 98.4 Å². The lowest BCUT2D eigenvalue weighted by Crippen LogP contribution is -2.27. The van der Waals surface area contributed by atoms with Crippen molar-refractivity contribution in [3.63, 3.8) is 0 Å². The van der Waals surface area contributed by atoms with E-state index in [1.54, 1.807) is 30.3 Å². The average Bonchev–Trinajstić information content (AvgIpc) is 3.51. The molecule has 0 N–H and O–H groups in total. The van der Waals surface area contributed by atoms with Gasteiger partial charge in [-0.25, -0.2) is 0 Å². The highest BCUT2D eigenvalue weighted by Gasteiger charge is 2.36. The van der Waals surface area contributed by atoms with Crippen LogP contribution in [0, 0.1) is 0 Å². The van der Waals surface area contributed by atoms with Crippen LogP contribution in [0.25, 0.3) is 16.8 Å². The van der Waals surface area contributed by atoms with Gasteiger partial charge in [-0.05, 0) is 70.4 Å². The quantitative estimate of drug-likeness (QED) is 0.187. The summed E-state index contributed by atoms with van der Waals surface area (Å²) in [5.41, 5.74) is 2.19. The molecule has 208 valence electrons. The van der Waals surface area contributed by atoms with Crippen LogP contribution < -0.4 is 18.9 Å². The van der Waals surface area contributed by atoms with E-state index in [9.17, 15) is 9.59 Å². The molecule has 0 unspecified atom stereocenters. The molecule has 41 heavy (non-hydrogen) atoms. The minimum Gasteiger partial charge on any atom is -0.490 e. The Balaban J connectivity index is 1.23. The standard InChI is InChI=1S/C31H23Cl2NO6S/c1-2-37-27-11-18(10-24(33)29(27)38-16-20-8-5-7-19-6-3-4-9-22(19)20)12-28-30(35)34(31(36)41-28)15-21-13-25-26(14-23(21)32)40-17-39-25/h3-14H,2,15-17H2,1H3/b28-12-. The fraction of sp³-hybridized carbons (Fsp3) is 0.161. The van der Waals surface area contributed by atoms with Gasteiger partial charge >= 0.3 is 0 Å². The van der Waals surface area contributed by atoms with Gasteiger partial charge in [0, 0.05) is 11.1 Å². The number of imide groups is 1. The van der Waals surface area contributed by atoms with Crippen LogP contribution in [0.2, 0.25) is 10.0 Å². The fourth-order valence-corrected chi connectivity index (χ4v) is 6.01. The second-order valence-electron chi connectivity index (χ2n) is 9.25. The number of rotatable bonds is 8. The van der Waals surface area contributed by atoms with Gasteiger partial charge in [0.2, 0.25) is 6.79 Å². The van der Waals surface area contributed by atoms with E-state index in [1.165, 1.54) is 0 Å². The zero-order valence-electron chi connectivity index (χ0n) is 21.8. The lowest BCUT2D eigenvalue weighted by Gasteiger charge is -2.16. The van der Waals surface area contributed by atoms with Crippen molar-refractivity contribution in [2.75, 3.05) is 13.4 Å². The number of benzene rings is 4. The van der Waals surface area contributed by atoms with Gasteiger partial charge in [-0.2, -0.15) is 0 Å². The number of nitrogens with zero attached hydrogens (tertiary/aromatic N) is 1. The lowest BCUT2D eigenvalue weighted by atomic mass is 10.1. The molecular formula is C31H23Cl2NO6S. The minimum atomic E-state index is -0.431. The van der Waals surface area contributed by atoms with Gasteiger partial charge in [-0.3, -0.25) is 14.5 Å². The van der Waals surface area contributed by atoms with Crippen molar-refractivity contribution in [1.29, 1.82) is 0 Å². The van der Waals surface area contributed by atoms with Crippen LogP contribution in [-0.2, 0) is 17.9 Å². The Hall–Kier alpha value is -3.85. The Morgan fingerprint density at radius 3 is 2.54 bits per heavy atom. The van der Waals surface area contributed by atoms with Gasteiger partial charge in [0.1, 0.15) is 6.61 Å². The summed E-state index contributed by atoms with van der Waals surface area (Å²) in [5, 5.41) is 2.52. The van der Waals surface area contributed by atoms with E-state index in [4.69, 9.17) is 42.1 Å². The van der Waals surface area contributed by atoms with E-state index in [2.05, 4.69) is 18.2 Å². The smallest absolute Gasteiger partial charge is 0.293 e. The van der Waals surface area contributed by atoms with E-state index in [1.807, 2.05) is 31.2 Å². The van der Waals surface area contributed by atoms with Gasteiger partial charge in [0.25, 0.3) is 11.1 Å². The topological polar surface area (TPSA) is 74.3 Å². The minimum absolute atomic E-state index is 0.00335. The summed E-state index contributed by atoms with van der Waals surface area (Å²) in [4.78, 5) is 27.4. The third-order valence-electron chi connectivity index (χ3n) is 6.63. The largest absolute Gasteiger partial charge is 0.490 e. The molecule has 1 saturated heterocycles.